The van der Waals surface area contributed by atoms with Gasteiger partial charge in [0.1, 0.15) is 0 Å². The van der Waals surface area contributed by atoms with Crippen LogP contribution in [-0.4, -0.2) is 47.7 Å². The van der Waals surface area contributed by atoms with Gasteiger partial charge in [-0.2, -0.15) is 0 Å². The van der Waals surface area contributed by atoms with Crippen LogP contribution in [0.3, 0.4) is 0 Å². The smallest absolute Gasteiger partial charge is 0.0593 e. The van der Waals surface area contributed by atoms with E-state index in [1.165, 1.54) is 59.2 Å². The lowest BCUT2D eigenvalue weighted by Gasteiger charge is -2.32. The van der Waals surface area contributed by atoms with Crippen LogP contribution in [0.5, 0.6) is 0 Å². The zero-order valence-corrected chi connectivity index (χ0v) is 18.9. The van der Waals surface area contributed by atoms with Gasteiger partial charge in [-0.05, 0) is 87.0 Å². The van der Waals surface area contributed by atoms with Gasteiger partial charge in [0.2, 0.25) is 0 Å². The molecule has 0 saturated carbocycles. The second-order valence-corrected chi connectivity index (χ2v) is 8.87. The Morgan fingerprint density at radius 1 is 1.17 bits per heavy atom. The Balaban J connectivity index is 1.59. The predicted octanol–water partition coefficient (Wildman–Crippen LogP) is 5.88. The van der Waals surface area contributed by atoms with Crippen LogP contribution in [0.25, 0.3) is 22.2 Å². The molecule has 1 fully saturated rings. The summed E-state index contributed by atoms with van der Waals surface area (Å²) in [5.41, 5.74) is 7.68. The number of nitrogens with zero attached hydrogens (tertiary/aromatic N) is 2. The van der Waals surface area contributed by atoms with Gasteiger partial charge in [-0.1, -0.05) is 19.9 Å². The topological polar surface area (TPSA) is 41.1 Å². The van der Waals surface area contributed by atoms with Crippen molar-refractivity contribution in [3.63, 3.8) is 0 Å². The first-order valence-electron chi connectivity index (χ1n) is 11.5. The zero-order valence-electron chi connectivity index (χ0n) is 18.9. The number of aromatic nitrogens is 2. The van der Waals surface area contributed by atoms with E-state index in [0.717, 1.165) is 25.5 Å². The fourth-order valence-electron chi connectivity index (χ4n) is 4.84. The van der Waals surface area contributed by atoms with Crippen molar-refractivity contribution < 1.29 is 4.74 Å². The van der Waals surface area contributed by atoms with Gasteiger partial charge in [0.15, 0.2) is 0 Å². The molecule has 3 aromatic rings. The Hall–Kier alpha value is -2.17. The van der Waals surface area contributed by atoms with Crippen molar-refractivity contribution >= 4 is 10.9 Å². The summed E-state index contributed by atoms with van der Waals surface area (Å²) in [5, 5.41) is 1.38. The van der Waals surface area contributed by atoms with Gasteiger partial charge >= 0.3 is 0 Å². The van der Waals surface area contributed by atoms with E-state index in [0.29, 0.717) is 11.8 Å². The van der Waals surface area contributed by atoms with E-state index >= 15 is 0 Å². The summed E-state index contributed by atoms with van der Waals surface area (Å²) in [6.45, 7) is 13.8. The number of hydrogen-bond donors (Lipinski definition) is 1. The van der Waals surface area contributed by atoms with E-state index in [9.17, 15) is 0 Å². The number of hydrogen-bond acceptors (Lipinski definition) is 3. The molecule has 1 aromatic carbocycles. The number of piperidine rings is 1. The molecule has 30 heavy (non-hydrogen) atoms. The number of likely N-dealkylation sites (tertiary alicyclic amines) is 1. The van der Waals surface area contributed by atoms with Gasteiger partial charge in [0.05, 0.1) is 12.3 Å². The molecule has 0 unspecified atom stereocenters. The van der Waals surface area contributed by atoms with Crippen LogP contribution < -0.4 is 0 Å². The predicted molar refractivity (Wildman–Crippen MR) is 125 cm³/mol. The molecule has 4 heteroatoms. The van der Waals surface area contributed by atoms with Crippen LogP contribution >= 0.6 is 0 Å². The summed E-state index contributed by atoms with van der Waals surface area (Å²) in [5.74, 6) is 1.11. The molecule has 3 heterocycles. The monoisotopic (exact) mass is 405 g/mol. The average Bonchev–Trinajstić information content (AvgIpc) is 3.13. The highest BCUT2D eigenvalue weighted by atomic mass is 16.5. The van der Waals surface area contributed by atoms with Crippen molar-refractivity contribution in [1.29, 1.82) is 0 Å². The summed E-state index contributed by atoms with van der Waals surface area (Å²) >= 11 is 0. The molecule has 1 aliphatic heterocycles. The second-order valence-electron chi connectivity index (χ2n) is 8.87. The van der Waals surface area contributed by atoms with Gasteiger partial charge in [-0.15, -0.1) is 0 Å². The van der Waals surface area contributed by atoms with Crippen LogP contribution in [0.15, 0.2) is 36.5 Å². The third-order valence-electron chi connectivity index (χ3n) is 6.44. The maximum Gasteiger partial charge on any atom is 0.0593 e. The second kappa shape index (κ2) is 9.32. The van der Waals surface area contributed by atoms with Crippen molar-refractivity contribution in [1.82, 2.24) is 14.9 Å². The minimum Gasteiger partial charge on any atom is -0.380 e. The first-order chi connectivity index (χ1) is 14.6. The van der Waals surface area contributed by atoms with E-state index in [1.807, 2.05) is 6.20 Å². The minimum absolute atomic E-state index is 0.456. The Bertz CT molecular complexity index is 983. The van der Waals surface area contributed by atoms with E-state index < -0.39 is 0 Å². The minimum atomic E-state index is 0.456. The molecule has 160 valence electrons. The molecule has 0 atom stereocenters. The third-order valence-corrected chi connectivity index (χ3v) is 6.44. The molecule has 0 spiro atoms. The van der Waals surface area contributed by atoms with Gasteiger partial charge in [0, 0.05) is 41.5 Å². The van der Waals surface area contributed by atoms with Crippen LogP contribution in [0.4, 0.5) is 0 Å². The summed E-state index contributed by atoms with van der Waals surface area (Å²) in [6, 6.07) is 11.4. The van der Waals surface area contributed by atoms with E-state index in [-0.39, 0.29) is 0 Å². The van der Waals surface area contributed by atoms with E-state index in [2.05, 4.69) is 72.9 Å². The molecular formula is C26H35N3O. The number of ether oxygens (including phenoxy) is 1. The van der Waals surface area contributed by atoms with E-state index in [1.54, 1.807) is 0 Å². The Morgan fingerprint density at radius 3 is 2.67 bits per heavy atom. The lowest BCUT2D eigenvalue weighted by atomic mass is 9.87. The molecule has 4 nitrogen and oxygen atoms in total. The molecule has 0 aliphatic carbocycles. The lowest BCUT2D eigenvalue weighted by molar-refractivity contribution is 0.102. The number of aryl methyl sites for hydroxylation is 1. The number of pyridine rings is 1. The number of H-pyrrole nitrogens is 1. The molecule has 2 aromatic heterocycles. The molecular weight excluding hydrogens is 370 g/mol. The third kappa shape index (κ3) is 4.45. The van der Waals surface area contributed by atoms with Crippen molar-refractivity contribution in [2.24, 2.45) is 0 Å². The number of aromatic amines is 1. The SMILES string of the molecule is CCOCCN1CCC(c2ccc3[nH]c(-c4ccnc(C)c4)c(C(C)C)c3c2)CC1. The highest BCUT2D eigenvalue weighted by Gasteiger charge is 2.22. The summed E-state index contributed by atoms with van der Waals surface area (Å²) in [6.07, 6.45) is 4.37. The number of nitrogens with one attached hydrogen (secondary N) is 1. The molecule has 1 N–H and O–H groups in total. The maximum atomic E-state index is 5.53. The molecule has 4 rings (SSSR count). The molecule has 0 radical (unpaired) electrons. The average molecular weight is 406 g/mol. The molecule has 0 bridgehead atoms. The standard InChI is InChI=1S/C26H35N3O/c1-5-30-15-14-29-12-9-20(10-13-29)21-6-7-24-23(17-21)25(18(2)3)26(28-24)22-8-11-27-19(4)16-22/h6-8,11,16-18,20,28H,5,9-10,12-15H2,1-4H3. The van der Waals surface area contributed by atoms with Crippen molar-refractivity contribution in [3.8, 4) is 11.3 Å². The summed E-state index contributed by atoms with van der Waals surface area (Å²) < 4.78 is 5.53. The van der Waals surface area contributed by atoms with Crippen LogP contribution in [-0.2, 0) is 4.74 Å². The van der Waals surface area contributed by atoms with Crippen LogP contribution in [0.1, 0.15) is 62.3 Å². The van der Waals surface area contributed by atoms with Crippen molar-refractivity contribution in [3.05, 3.63) is 53.3 Å². The van der Waals surface area contributed by atoms with Crippen LogP contribution in [0, 0.1) is 6.92 Å². The van der Waals surface area contributed by atoms with Gasteiger partial charge in [0.25, 0.3) is 0 Å². The maximum absolute atomic E-state index is 5.53. The number of fused-ring (bicyclic) bond motifs is 1. The van der Waals surface area contributed by atoms with Gasteiger partial charge in [-0.25, -0.2) is 0 Å². The first kappa shape index (κ1) is 21.1. The van der Waals surface area contributed by atoms with Crippen molar-refractivity contribution in [2.45, 2.75) is 52.4 Å². The fourth-order valence-corrected chi connectivity index (χ4v) is 4.84. The largest absolute Gasteiger partial charge is 0.380 e. The summed E-state index contributed by atoms with van der Waals surface area (Å²) in [4.78, 5) is 10.6. The number of benzene rings is 1. The summed E-state index contributed by atoms with van der Waals surface area (Å²) in [7, 11) is 0. The Kier molecular flexibility index (Phi) is 6.55. The van der Waals surface area contributed by atoms with E-state index in [4.69, 9.17) is 4.74 Å². The molecule has 1 aliphatic rings. The van der Waals surface area contributed by atoms with Gasteiger partial charge in [-0.3, -0.25) is 4.98 Å². The lowest BCUT2D eigenvalue weighted by Crippen LogP contribution is -2.35. The molecule has 1 saturated heterocycles. The first-order valence-corrected chi connectivity index (χ1v) is 11.5. The van der Waals surface area contributed by atoms with Crippen LogP contribution in [0.2, 0.25) is 0 Å². The Labute approximate surface area is 180 Å². The van der Waals surface area contributed by atoms with Crippen molar-refractivity contribution in [2.75, 3.05) is 32.8 Å². The highest BCUT2D eigenvalue weighted by Crippen LogP contribution is 2.38. The molecule has 0 amide bonds. The fraction of sp³-hybridized carbons (Fsp3) is 0.500. The highest BCUT2D eigenvalue weighted by molar-refractivity contribution is 5.92. The quantitative estimate of drug-likeness (QED) is 0.499. The van der Waals surface area contributed by atoms with Gasteiger partial charge < -0.3 is 14.6 Å². The number of rotatable bonds is 7. The Morgan fingerprint density at radius 2 is 1.97 bits per heavy atom. The normalized spacial score (nSPS) is 16.0. The zero-order chi connectivity index (χ0) is 21.1.